The summed E-state index contributed by atoms with van der Waals surface area (Å²) in [7, 11) is 0. The van der Waals surface area contributed by atoms with Crippen molar-refractivity contribution in [1.82, 2.24) is 20.3 Å². The number of carbonyl (C=O) groups excluding carboxylic acids is 5. The van der Waals surface area contributed by atoms with Gasteiger partial charge in [-0.2, -0.15) is 5.01 Å². The molecule has 0 saturated carbocycles. The van der Waals surface area contributed by atoms with Crippen LogP contribution in [-0.4, -0.2) is 83.1 Å². The van der Waals surface area contributed by atoms with Crippen LogP contribution in [0, 0.1) is 6.92 Å². The molecule has 14 nitrogen and oxygen atoms in total. The van der Waals surface area contributed by atoms with E-state index in [1.807, 2.05) is 0 Å². The normalized spacial score (nSPS) is 16.5. The first-order valence-corrected chi connectivity index (χ1v) is 11.6. The van der Waals surface area contributed by atoms with Crippen LogP contribution in [0.25, 0.3) is 0 Å². The summed E-state index contributed by atoms with van der Waals surface area (Å²) in [6.45, 7) is 7.19. The summed E-state index contributed by atoms with van der Waals surface area (Å²) in [6, 6.07) is 4.77. The second-order valence-corrected chi connectivity index (χ2v) is 7.45. The molecule has 1 aromatic carbocycles. The number of fused-ring (bicyclic) bond motifs is 2. The summed E-state index contributed by atoms with van der Waals surface area (Å²) in [5.41, 5.74) is 0.608. The maximum atomic E-state index is 13.6. The molecule has 37 heavy (non-hydrogen) atoms. The number of hydrazine groups is 3. The molecule has 0 radical (unpaired) electrons. The SMILES string of the molecule is CCOC(=O)N1C=C2C(=O)c3cc(C)ccc3OC2N(C(=O)OCC)N(C(=O)OCC)N1C(=O)OCC. The van der Waals surface area contributed by atoms with Crippen molar-refractivity contribution in [1.29, 1.82) is 0 Å². The van der Waals surface area contributed by atoms with Gasteiger partial charge in [-0.15, -0.1) is 5.01 Å². The smallest absolute Gasteiger partial charge is 0.451 e. The first kappa shape index (κ1) is 27.1. The molecule has 0 bridgehead atoms. The highest BCUT2D eigenvalue weighted by atomic mass is 16.6. The van der Waals surface area contributed by atoms with Crippen LogP contribution in [0.3, 0.4) is 0 Å². The molecule has 4 amide bonds. The molecule has 2 aliphatic rings. The van der Waals surface area contributed by atoms with E-state index in [1.54, 1.807) is 19.1 Å². The second-order valence-electron chi connectivity index (χ2n) is 7.45. The van der Waals surface area contributed by atoms with Gasteiger partial charge in [0.15, 0.2) is 5.78 Å². The third-order valence-electron chi connectivity index (χ3n) is 4.99. The zero-order chi connectivity index (χ0) is 27.3. The summed E-state index contributed by atoms with van der Waals surface area (Å²) >= 11 is 0. The van der Waals surface area contributed by atoms with Gasteiger partial charge < -0.3 is 23.7 Å². The van der Waals surface area contributed by atoms with E-state index in [9.17, 15) is 24.0 Å². The van der Waals surface area contributed by atoms with Gasteiger partial charge in [0.2, 0.25) is 6.23 Å². The third-order valence-corrected chi connectivity index (χ3v) is 4.99. The lowest BCUT2D eigenvalue weighted by atomic mass is 9.97. The first-order valence-electron chi connectivity index (χ1n) is 11.6. The first-order chi connectivity index (χ1) is 17.7. The number of carbonyl (C=O) groups is 5. The van der Waals surface area contributed by atoms with Crippen molar-refractivity contribution >= 4 is 30.2 Å². The largest absolute Gasteiger partial charge is 0.463 e. The van der Waals surface area contributed by atoms with E-state index in [0.717, 1.165) is 11.8 Å². The van der Waals surface area contributed by atoms with Crippen LogP contribution in [0.4, 0.5) is 19.2 Å². The topological polar surface area (TPSA) is 144 Å². The Kier molecular flexibility index (Phi) is 8.42. The number of rotatable bonds is 4. The quantitative estimate of drug-likeness (QED) is 0.542. The molecule has 1 unspecified atom stereocenters. The van der Waals surface area contributed by atoms with Gasteiger partial charge in [0.05, 0.1) is 37.6 Å². The third kappa shape index (κ3) is 5.22. The Morgan fingerprint density at radius 3 is 1.95 bits per heavy atom. The van der Waals surface area contributed by atoms with E-state index in [2.05, 4.69) is 0 Å². The highest BCUT2D eigenvalue weighted by Gasteiger charge is 2.52. The number of amides is 4. The number of Topliss-reactive ketones (excluding diaryl/α,β-unsaturated/α-hetero) is 1. The van der Waals surface area contributed by atoms with Gasteiger partial charge in [0.25, 0.3) is 0 Å². The predicted octanol–water partition coefficient (Wildman–Crippen LogP) is 3.37. The van der Waals surface area contributed by atoms with E-state index in [1.165, 1.54) is 33.8 Å². The maximum Gasteiger partial charge on any atom is 0.451 e. The Morgan fingerprint density at radius 2 is 1.35 bits per heavy atom. The fourth-order valence-corrected chi connectivity index (χ4v) is 3.52. The van der Waals surface area contributed by atoms with Crippen molar-refractivity contribution in [3.05, 3.63) is 41.1 Å². The fraction of sp³-hybridized carbons (Fsp3) is 0.435. The molecule has 200 valence electrons. The highest BCUT2D eigenvalue weighted by molar-refractivity contribution is 6.12. The average molecular weight is 520 g/mol. The van der Waals surface area contributed by atoms with Gasteiger partial charge in [0.1, 0.15) is 5.75 Å². The Bertz CT molecular complexity index is 1120. The van der Waals surface area contributed by atoms with E-state index >= 15 is 0 Å². The number of benzene rings is 1. The van der Waals surface area contributed by atoms with Crippen molar-refractivity contribution in [3.63, 3.8) is 0 Å². The van der Waals surface area contributed by atoms with Gasteiger partial charge >= 0.3 is 24.4 Å². The molecule has 3 rings (SSSR count). The van der Waals surface area contributed by atoms with Crippen LogP contribution in [0.2, 0.25) is 0 Å². The number of hydrogen-bond acceptors (Lipinski definition) is 10. The number of nitrogens with zero attached hydrogens (tertiary/aromatic N) is 4. The molecular formula is C23H28N4O10. The van der Waals surface area contributed by atoms with E-state index in [-0.39, 0.29) is 43.3 Å². The lowest BCUT2D eigenvalue weighted by Gasteiger charge is -2.41. The molecule has 2 aliphatic heterocycles. The van der Waals surface area contributed by atoms with E-state index in [0.29, 0.717) is 20.3 Å². The molecule has 1 aromatic rings. The summed E-state index contributed by atoms with van der Waals surface area (Å²) in [5.74, 6) is -0.531. The lowest BCUT2D eigenvalue weighted by Crippen LogP contribution is -2.67. The Morgan fingerprint density at radius 1 is 0.811 bits per heavy atom. The van der Waals surface area contributed by atoms with Crippen LogP contribution in [0.1, 0.15) is 43.6 Å². The second kappa shape index (κ2) is 11.5. The minimum absolute atomic E-state index is 0.100. The monoisotopic (exact) mass is 520 g/mol. The molecular weight excluding hydrogens is 492 g/mol. The van der Waals surface area contributed by atoms with Crippen LogP contribution in [0.5, 0.6) is 5.75 Å². The van der Waals surface area contributed by atoms with Crippen LogP contribution >= 0.6 is 0 Å². The molecule has 0 spiro atoms. The van der Waals surface area contributed by atoms with E-state index in [4.69, 9.17) is 23.7 Å². The molecule has 2 heterocycles. The number of ketones is 1. The van der Waals surface area contributed by atoms with Crippen LogP contribution in [-0.2, 0) is 18.9 Å². The van der Waals surface area contributed by atoms with Crippen molar-refractivity contribution < 1.29 is 47.7 Å². The highest BCUT2D eigenvalue weighted by Crippen LogP contribution is 2.36. The molecule has 0 aliphatic carbocycles. The predicted molar refractivity (Wildman–Crippen MR) is 123 cm³/mol. The number of ether oxygens (including phenoxy) is 5. The van der Waals surface area contributed by atoms with Crippen molar-refractivity contribution in [2.24, 2.45) is 0 Å². The summed E-state index contributed by atoms with van der Waals surface area (Å²) in [6.07, 6.45) is -5.60. The average Bonchev–Trinajstić information content (AvgIpc) is 3.00. The van der Waals surface area contributed by atoms with Gasteiger partial charge in [-0.1, -0.05) is 21.9 Å². The summed E-state index contributed by atoms with van der Waals surface area (Å²) in [5, 5.41) is 1.83. The van der Waals surface area contributed by atoms with Gasteiger partial charge in [-0.3, -0.25) is 4.79 Å². The molecule has 0 aromatic heterocycles. The fourth-order valence-electron chi connectivity index (χ4n) is 3.52. The molecule has 0 N–H and O–H groups in total. The molecule has 0 saturated heterocycles. The van der Waals surface area contributed by atoms with Crippen LogP contribution in [0.15, 0.2) is 30.0 Å². The minimum Gasteiger partial charge on any atom is -0.463 e. The zero-order valence-electron chi connectivity index (χ0n) is 21.1. The molecule has 14 heteroatoms. The summed E-state index contributed by atoms with van der Waals surface area (Å²) < 4.78 is 26.3. The molecule has 0 fully saturated rings. The van der Waals surface area contributed by atoms with Crippen molar-refractivity contribution in [2.45, 2.75) is 40.8 Å². The minimum atomic E-state index is -1.65. The molecule has 1 atom stereocenters. The Balaban J connectivity index is 2.34. The standard InChI is InChI=1S/C23H28N4O10/c1-6-33-20(29)24-13-16-18(28)15-12-14(5)10-11-17(15)37-19(16)25(21(30)34-7-2)27(23(32)36-9-4)26(24)22(31)35-8-3/h10-13,19H,6-9H2,1-5H3. The van der Waals surface area contributed by atoms with E-state index < -0.39 is 36.4 Å². The van der Waals surface area contributed by atoms with Crippen molar-refractivity contribution in [2.75, 3.05) is 26.4 Å². The maximum absolute atomic E-state index is 13.6. The summed E-state index contributed by atoms with van der Waals surface area (Å²) in [4.78, 5) is 66.3. The van der Waals surface area contributed by atoms with Gasteiger partial charge in [-0.25, -0.2) is 19.2 Å². The number of hydrogen-bond donors (Lipinski definition) is 0. The van der Waals surface area contributed by atoms with Gasteiger partial charge in [0, 0.05) is 6.20 Å². The van der Waals surface area contributed by atoms with Gasteiger partial charge in [-0.05, 0) is 46.8 Å². The number of aryl methyl sites for hydroxylation is 1. The Hall–Kier alpha value is -4.49. The Labute approximate surface area is 212 Å². The van der Waals surface area contributed by atoms with Crippen molar-refractivity contribution in [3.8, 4) is 5.75 Å². The lowest BCUT2D eigenvalue weighted by molar-refractivity contribution is -0.213. The zero-order valence-corrected chi connectivity index (χ0v) is 21.1. The van der Waals surface area contributed by atoms with Crippen LogP contribution < -0.4 is 4.74 Å².